The molecule has 0 aliphatic carbocycles. The number of ether oxygens (including phenoxy) is 1. The van der Waals surface area contributed by atoms with Gasteiger partial charge in [0.25, 0.3) is 0 Å². The number of benzene rings is 3. The van der Waals surface area contributed by atoms with Crippen LogP contribution in [0.5, 0.6) is 11.5 Å². The topological polar surface area (TPSA) is 76.4 Å². The predicted molar refractivity (Wildman–Crippen MR) is 135 cm³/mol. The Bertz CT molecular complexity index is 1350. The van der Waals surface area contributed by atoms with Crippen LogP contribution in [-0.4, -0.2) is 15.5 Å². The smallest absolute Gasteiger partial charge is 0.339 e. The van der Waals surface area contributed by atoms with E-state index in [1.165, 1.54) is 19.2 Å². The Labute approximate surface area is 210 Å². The van der Waals surface area contributed by atoms with Crippen molar-refractivity contribution >= 4 is 67.6 Å². The first-order valence-electron chi connectivity index (χ1n) is 9.10. The number of nitriles is 1. The van der Waals surface area contributed by atoms with Gasteiger partial charge in [-0.25, -0.2) is 0 Å². The van der Waals surface area contributed by atoms with Crippen LogP contribution in [0.25, 0.3) is 11.6 Å². The fourth-order valence-electron chi connectivity index (χ4n) is 2.81. The van der Waals surface area contributed by atoms with Crippen molar-refractivity contribution in [3.05, 3.63) is 84.9 Å². The summed E-state index contributed by atoms with van der Waals surface area (Å²) in [6.45, 7) is 1.86. The fraction of sp³-hybridized carbons (Fsp3) is 0.0870. The van der Waals surface area contributed by atoms with Crippen LogP contribution >= 0.6 is 45.8 Å². The van der Waals surface area contributed by atoms with Crippen LogP contribution in [0.3, 0.4) is 0 Å². The van der Waals surface area contributed by atoms with E-state index in [1.807, 2.05) is 29.5 Å². The summed E-state index contributed by atoms with van der Waals surface area (Å²) in [5.74, 6) is 0.271. The summed E-state index contributed by atoms with van der Waals surface area (Å²) in [4.78, 5) is 0.0362. The van der Waals surface area contributed by atoms with E-state index < -0.39 is 10.1 Å². The van der Waals surface area contributed by atoms with Crippen LogP contribution < -0.4 is 8.92 Å². The monoisotopic (exact) mass is 599 g/mol. The summed E-state index contributed by atoms with van der Waals surface area (Å²) < 4.78 is 36.7. The number of aryl methyl sites for hydroxylation is 1. The quantitative estimate of drug-likeness (QED) is 0.136. The van der Waals surface area contributed by atoms with Gasteiger partial charge in [0.05, 0.1) is 27.3 Å². The van der Waals surface area contributed by atoms with Gasteiger partial charge in [-0.2, -0.15) is 13.7 Å². The van der Waals surface area contributed by atoms with E-state index in [4.69, 9.17) is 32.1 Å². The average Bonchev–Trinajstić information content (AvgIpc) is 2.74. The molecule has 9 heteroatoms. The SMILES string of the molecule is COc1cc(/C=C(\C#N)c2ccc(Cl)cc2Cl)cc(I)c1OS(=O)(=O)c1ccc(C)cc1. The Kier molecular flexibility index (Phi) is 7.72. The zero-order valence-electron chi connectivity index (χ0n) is 16.9. The van der Waals surface area contributed by atoms with Crippen LogP contribution in [0.1, 0.15) is 16.7 Å². The van der Waals surface area contributed by atoms with E-state index in [0.29, 0.717) is 30.3 Å². The molecule has 0 fully saturated rings. The molecule has 0 amide bonds. The van der Waals surface area contributed by atoms with E-state index in [2.05, 4.69) is 6.07 Å². The Morgan fingerprint density at radius 1 is 1.09 bits per heavy atom. The normalized spacial score (nSPS) is 11.7. The zero-order valence-corrected chi connectivity index (χ0v) is 21.4. The molecule has 3 aromatic carbocycles. The molecule has 5 nitrogen and oxygen atoms in total. The molecule has 0 N–H and O–H groups in total. The van der Waals surface area contributed by atoms with Crippen LogP contribution in [0.4, 0.5) is 0 Å². The average molecular weight is 600 g/mol. The number of rotatable bonds is 6. The maximum Gasteiger partial charge on any atom is 0.339 e. The first kappa shape index (κ1) is 24.4. The number of hydrogen-bond donors (Lipinski definition) is 0. The molecule has 3 rings (SSSR count). The second-order valence-electron chi connectivity index (χ2n) is 6.68. The van der Waals surface area contributed by atoms with Crippen molar-refractivity contribution in [1.82, 2.24) is 0 Å². The zero-order chi connectivity index (χ0) is 23.5. The summed E-state index contributed by atoms with van der Waals surface area (Å²) in [5.41, 5.74) is 2.37. The van der Waals surface area contributed by atoms with Gasteiger partial charge in [0.1, 0.15) is 4.90 Å². The third kappa shape index (κ3) is 5.56. The van der Waals surface area contributed by atoms with Crippen molar-refractivity contribution in [3.63, 3.8) is 0 Å². The maximum absolute atomic E-state index is 12.7. The number of hydrogen-bond acceptors (Lipinski definition) is 5. The van der Waals surface area contributed by atoms with Gasteiger partial charge in [-0.1, -0.05) is 47.0 Å². The van der Waals surface area contributed by atoms with Gasteiger partial charge in [0.2, 0.25) is 0 Å². The largest absolute Gasteiger partial charge is 0.493 e. The van der Waals surface area contributed by atoms with Crippen molar-refractivity contribution in [1.29, 1.82) is 5.26 Å². The molecule has 0 atom stereocenters. The Morgan fingerprint density at radius 3 is 2.38 bits per heavy atom. The van der Waals surface area contributed by atoms with E-state index in [1.54, 1.807) is 48.5 Å². The van der Waals surface area contributed by atoms with Crippen LogP contribution in [0, 0.1) is 21.8 Å². The third-order valence-electron chi connectivity index (χ3n) is 4.41. The van der Waals surface area contributed by atoms with Gasteiger partial charge in [0, 0.05) is 10.6 Å². The van der Waals surface area contributed by atoms with E-state index >= 15 is 0 Å². The number of halogens is 3. The molecule has 164 valence electrons. The van der Waals surface area contributed by atoms with Crippen molar-refractivity contribution < 1.29 is 17.3 Å². The molecule has 3 aromatic rings. The molecule has 0 heterocycles. The molecule has 0 saturated heterocycles. The summed E-state index contributed by atoms with van der Waals surface area (Å²) in [7, 11) is -2.65. The molecular weight excluding hydrogens is 584 g/mol. The molecule has 0 aromatic heterocycles. The Balaban J connectivity index is 2.02. The maximum atomic E-state index is 12.7. The summed E-state index contributed by atoms with van der Waals surface area (Å²) in [6.07, 6.45) is 1.62. The minimum atomic E-state index is -4.06. The second kappa shape index (κ2) is 10.1. The lowest BCUT2D eigenvalue weighted by atomic mass is 10.0. The molecule has 32 heavy (non-hydrogen) atoms. The summed E-state index contributed by atoms with van der Waals surface area (Å²) >= 11 is 14.1. The van der Waals surface area contributed by atoms with Gasteiger partial charge in [-0.3, -0.25) is 0 Å². The third-order valence-corrected chi connectivity index (χ3v) is 6.99. The van der Waals surface area contributed by atoms with Crippen molar-refractivity contribution in [2.45, 2.75) is 11.8 Å². The highest BCUT2D eigenvalue weighted by Gasteiger charge is 2.22. The highest BCUT2D eigenvalue weighted by atomic mass is 127. The van der Waals surface area contributed by atoms with E-state index in [-0.39, 0.29) is 16.4 Å². The summed E-state index contributed by atoms with van der Waals surface area (Å²) in [5, 5.41) is 10.4. The van der Waals surface area contributed by atoms with Crippen molar-refractivity contribution in [2.24, 2.45) is 0 Å². The second-order valence-corrected chi connectivity index (χ2v) is 10.2. The standard InChI is InChI=1S/C23H16Cl2INO4S/c1-14-3-6-18(7-4-14)32(28,29)31-23-21(26)10-15(11-22(23)30-2)9-16(13-27)19-8-5-17(24)12-20(19)25/h3-12H,1-2H3/b16-9+. The van der Waals surface area contributed by atoms with Crippen LogP contribution in [0.15, 0.2) is 59.5 Å². The van der Waals surface area contributed by atoms with Gasteiger partial charge in [0.15, 0.2) is 11.5 Å². The molecule has 0 bridgehead atoms. The van der Waals surface area contributed by atoms with Crippen LogP contribution in [-0.2, 0) is 10.1 Å². The lowest BCUT2D eigenvalue weighted by molar-refractivity contribution is 0.389. The molecule has 0 radical (unpaired) electrons. The molecule has 0 aliphatic heterocycles. The lowest BCUT2D eigenvalue weighted by Crippen LogP contribution is -2.11. The minimum Gasteiger partial charge on any atom is -0.493 e. The first-order chi connectivity index (χ1) is 15.1. The summed E-state index contributed by atoms with van der Waals surface area (Å²) in [6, 6.07) is 16.6. The van der Waals surface area contributed by atoms with E-state index in [0.717, 1.165) is 5.56 Å². The van der Waals surface area contributed by atoms with Gasteiger partial charge in [-0.05, 0) is 77.6 Å². The van der Waals surface area contributed by atoms with Crippen molar-refractivity contribution in [2.75, 3.05) is 7.11 Å². The van der Waals surface area contributed by atoms with Crippen molar-refractivity contribution in [3.8, 4) is 17.6 Å². The van der Waals surface area contributed by atoms with Crippen LogP contribution in [0.2, 0.25) is 10.0 Å². The minimum absolute atomic E-state index is 0.0362. The van der Waals surface area contributed by atoms with Gasteiger partial charge in [-0.15, -0.1) is 0 Å². The van der Waals surface area contributed by atoms with Gasteiger partial charge < -0.3 is 8.92 Å². The highest BCUT2D eigenvalue weighted by molar-refractivity contribution is 14.1. The van der Waals surface area contributed by atoms with Gasteiger partial charge >= 0.3 is 10.1 Å². The fourth-order valence-corrected chi connectivity index (χ4v) is 5.16. The highest BCUT2D eigenvalue weighted by Crippen LogP contribution is 2.37. The first-order valence-corrected chi connectivity index (χ1v) is 12.3. The predicted octanol–water partition coefficient (Wildman–Crippen LogP) is 6.75. The number of nitrogens with zero attached hydrogens (tertiary/aromatic N) is 1. The number of methoxy groups -OCH3 is 1. The Morgan fingerprint density at radius 2 is 1.78 bits per heavy atom. The number of allylic oxidation sites excluding steroid dienone is 1. The molecule has 0 saturated carbocycles. The molecule has 0 unspecified atom stereocenters. The molecular formula is C23H16Cl2INO4S. The Hall–Kier alpha value is -2.25. The molecule has 0 spiro atoms. The van der Waals surface area contributed by atoms with E-state index in [9.17, 15) is 13.7 Å². The lowest BCUT2D eigenvalue weighted by Gasteiger charge is -2.14. The molecule has 0 aliphatic rings.